The molecule has 0 spiro atoms. The molecule has 4 bridgehead atoms. The van der Waals surface area contributed by atoms with Crippen molar-refractivity contribution in [1.82, 2.24) is 15.1 Å². The monoisotopic (exact) mass is 573 g/mol. The predicted octanol–water partition coefficient (Wildman–Crippen LogP) is 3.27. The van der Waals surface area contributed by atoms with Crippen LogP contribution >= 0.6 is 0 Å². The van der Waals surface area contributed by atoms with Gasteiger partial charge in [-0.1, -0.05) is 33.6 Å². The number of nitrogens with one attached hydrogen (secondary N) is 1. The number of carbonyl (C=O) groups excluding carboxylic acids is 4. The summed E-state index contributed by atoms with van der Waals surface area (Å²) in [5.74, 6) is 0.343. The molecule has 1 aromatic carbocycles. The Morgan fingerprint density at radius 3 is 2.56 bits per heavy atom. The topological polar surface area (TPSA) is 133 Å². The van der Waals surface area contributed by atoms with Gasteiger partial charge in [0.1, 0.15) is 18.2 Å². The molecule has 1 aromatic rings. The third kappa shape index (κ3) is 6.01. The van der Waals surface area contributed by atoms with Gasteiger partial charge in [-0.15, -0.1) is 0 Å². The van der Waals surface area contributed by atoms with Crippen LogP contribution in [-0.2, 0) is 43.3 Å². The molecule has 1 saturated heterocycles. The molecule has 12 nitrogen and oxygen atoms in total. The molecule has 0 radical (unpaired) electrons. The van der Waals surface area contributed by atoms with Gasteiger partial charge in [-0.3, -0.25) is 9.69 Å². The number of nitrogens with zero attached hydrogens (tertiary/aromatic N) is 2. The van der Waals surface area contributed by atoms with Crippen molar-refractivity contribution in [3.8, 4) is 11.5 Å². The van der Waals surface area contributed by atoms with E-state index in [1.54, 1.807) is 4.90 Å². The molecule has 5 rings (SSSR count). The number of hydrogen-bond donors (Lipinski definition) is 1. The zero-order valence-corrected chi connectivity index (χ0v) is 24.2. The van der Waals surface area contributed by atoms with E-state index in [-0.39, 0.29) is 26.4 Å². The summed E-state index contributed by atoms with van der Waals surface area (Å²) in [5.41, 5.74) is 2.40. The number of carbonyl (C=O) groups is 4. The van der Waals surface area contributed by atoms with E-state index in [9.17, 15) is 19.2 Å². The first kappa shape index (κ1) is 28.8. The lowest BCUT2D eigenvalue weighted by atomic mass is 9.85. The summed E-state index contributed by atoms with van der Waals surface area (Å²) >= 11 is 0. The summed E-state index contributed by atoms with van der Waals surface area (Å²) < 4.78 is 27.7. The summed E-state index contributed by atoms with van der Waals surface area (Å²) in [5, 5.41) is 2.70. The lowest BCUT2D eigenvalue weighted by molar-refractivity contribution is -0.152. The van der Waals surface area contributed by atoms with Crippen molar-refractivity contribution in [3.05, 3.63) is 22.8 Å². The standard InChI is InChI=1S/C29H39N3O9/c1-29(2,3)24-25(33)32-14-18(12-21(32)26(34)37-4)41-28(36)31-13-17-11-22-23(40-16-39-22)19(20(17)15-31)9-7-5-6-8-10-38-27(35)30-24/h11,18,21,24H,5-10,12-16H2,1-4H3,(H,30,35)/t18-,21?,24-/m1/s1. The van der Waals surface area contributed by atoms with Crippen LogP contribution in [0, 0.1) is 5.41 Å². The molecule has 12 heteroatoms. The second-order valence-corrected chi connectivity index (χ2v) is 12.1. The molecule has 0 aliphatic carbocycles. The van der Waals surface area contributed by atoms with Crippen molar-refractivity contribution in [2.75, 3.05) is 27.1 Å². The minimum atomic E-state index is -0.972. The molecule has 224 valence electrons. The summed E-state index contributed by atoms with van der Waals surface area (Å²) in [6.45, 7) is 6.59. The van der Waals surface area contributed by atoms with Crippen molar-refractivity contribution >= 4 is 24.1 Å². The lowest BCUT2D eigenvalue weighted by Gasteiger charge is -2.34. The number of cyclic esters (lactones) is 1. The van der Waals surface area contributed by atoms with Gasteiger partial charge in [-0.25, -0.2) is 14.4 Å². The first-order valence-electron chi connectivity index (χ1n) is 14.3. The Morgan fingerprint density at radius 1 is 1.02 bits per heavy atom. The average molecular weight is 574 g/mol. The van der Waals surface area contributed by atoms with Crippen LogP contribution in [0.4, 0.5) is 9.59 Å². The van der Waals surface area contributed by atoms with Crippen LogP contribution in [-0.4, -0.2) is 79.1 Å². The van der Waals surface area contributed by atoms with Gasteiger partial charge in [0.15, 0.2) is 11.5 Å². The van der Waals surface area contributed by atoms with Crippen molar-refractivity contribution in [2.24, 2.45) is 5.41 Å². The maximum absolute atomic E-state index is 13.8. The highest BCUT2D eigenvalue weighted by Gasteiger charge is 2.47. The fourth-order valence-corrected chi connectivity index (χ4v) is 5.99. The fraction of sp³-hybridized carbons (Fsp3) is 0.655. The van der Waals surface area contributed by atoms with Gasteiger partial charge in [-0.2, -0.15) is 0 Å². The number of hydrogen-bond acceptors (Lipinski definition) is 9. The van der Waals surface area contributed by atoms with E-state index >= 15 is 0 Å². The molecule has 0 saturated carbocycles. The van der Waals surface area contributed by atoms with Gasteiger partial charge < -0.3 is 33.9 Å². The van der Waals surface area contributed by atoms with E-state index < -0.39 is 47.7 Å². The van der Waals surface area contributed by atoms with E-state index in [0.717, 1.165) is 48.1 Å². The number of ether oxygens (including phenoxy) is 5. The highest BCUT2D eigenvalue weighted by atomic mass is 16.7. The van der Waals surface area contributed by atoms with Gasteiger partial charge in [0, 0.05) is 18.5 Å². The Morgan fingerprint density at radius 2 is 1.80 bits per heavy atom. The van der Waals surface area contributed by atoms with Crippen molar-refractivity contribution in [3.63, 3.8) is 0 Å². The lowest BCUT2D eigenvalue weighted by Crippen LogP contribution is -2.57. The van der Waals surface area contributed by atoms with Gasteiger partial charge in [-0.05, 0) is 41.9 Å². The first-order chi connectivity index (χ1) is 19.6. The Hall–Kier alpha value is -3.70. The molecule has 0 aromatic heterocycles. The van der Waals surface area contributed by atoms with Crippen LogP contribution in [0.15, 0.2) is 6.07 Å². The van der Waals surface area contributed by atoms with Crippen LogP contribution in [0.2, 0.25) is 0 Å². The Balaban J connectivity index is 1.41. The number of benzene rings is 1. The molecular weight excluding hydrogens is 534 g/mol. The van der Waals surface area contributed by atoms with Gasteiger partial charge in [0.05, 0.1) is 26.8 Å². The summed E-state index contributed by atoms with van der Waals surface area (Å²) in [6, 6.07) is 0.00287. The molecular formula is C29H39N3O9. The smallest absolute Gasteiger partial charge is 0.410 e. The molecule has 1 unspecified atom stereocenters. The van der Waals surface area contributed by atoms with E-state index in [0.29, 0.717) is 25.3 Å². The normalized spacial score (nSPS) is 25.4. The quantitative estimate of drug-likeness (QED) is 0.397. The summed E-state index contributed by atoms with van der Waals surface area (Å²) in [7, 11) is 1.25. The van der Waals surface area contributed by atoms with E-state index in [1.165, 1.54) is 12.0 Å². The molecule has 4 aliphatic rings. The number of fused-ring (bicyclic) bond motifs is 5. The number of esters is 1. The number of rotatable bonds is 1. The molecule has 3 amide bonds. The molecule has 3 atom stereocenters. The third-order valence-electron chi connectivity index (χ3n) is 8.16. The van der Waals surface area contributed by atoms with Gasteiger partial charge in [0.25, 0.3) is 0 Å². The number of methoxy groups -OCH3 is 1. The maximum atomic E-state index is 13.8. The Bertz CT molecular complexity index is 1210. The van der Waals surface area contributed by atoms with Crippen LogP contribution in [0.3, 0.4) is 0 Å². The molecule has 4 aliphatic heterocycles. The Kier molecular flexibility index (Phi) is 8.19. The minimum absolute atomic E-state index is 0.00430. The highest BCUT2D eigenvalue weighted by Crippen LogP contribution is 2.43. The van der Waals surface area contributed by atoms with Crippen LogP contribution < -0.4 is 14.8 Å². The molecule has 1 N–H and O–H groups in total. The number of alkyl carbamates (subject to hydrolysis) is 1. The average Bonchev–Trinajstić information content (AvgIpc) is 3.67. The SMILES string of the molecule is COC(=O)C1C[C@@H]2CN1C(=O)[C@H](C(C)(C)C)NC(=O)OCCCCCCc1c3c(cc4c1OCO4)CN(C3)C(=O)O2. The third-order valence-corrected chi connectivity index (χ3v) is 8.16. The van der Waals surface area contributed by atoms with E-state index in [2.05, 4.69) is 5.32 Å². The summed E-state index contributed by atoms with van der Waals surface area (Å²) in [4.78, 5) is 55.5. The maximum Gasteiger partial charge on any atom is 0.410 e. The van der Waals surface area contributed by atoms with E-state index in [4.69, 9.17) is 23.7 Å². The van der Waals surface area contributed by atoms with Crippen LogP contribution in [0.25, 0.3) is 0 Å². The molecule has 1 fully saturated rings. The largest absolute Gasteiger partial charge is 0.467 e. The second-order valence-electron chi connectivity index (χ2n) is 12.1. The van der Waals surface area contributed by atoms with Gasteiger partial charge >= 0.3 is 18.2 Å². The van der Waals surface area contributed by atoms with Crippen molar-refractivity contribution < 1.29 is 42.9 Å². The van der Waals surface area contributed by atoms with Crippen molar-refractivity contribution in [2.45, 2.75) is 90.6 Å². The van der Waals surface area contributed by atoms with Crippen LogP contribution in [0.1, 0.15) is 69.6 Å². The van der Waals surface area contributed by atoms with Crippen LogP contribution in [0.5, 0.6) is 11.5 Å². The molecule has 41 heavy (non-hydrogen) atoms. The van der Waals surface area contributed by atoms with Crippen molar-refractivity contribution in [1.29, 1.82) is 0 Å². The molecule has 4 heterocycles. The first-order valence-corrected chi connectivity index (χ1v) is 14.3. The fourth-order valence-electron chi connectivity index (χ4n) is 5.99. The Labute approximate surface area is 239 Å². The predicted molar refractivity (Wildman–Crippen MR) is 144 cm³/mol. The summed E-state index contributed by atoms with van der Waals surface area (Å²) in [6.07, 6.45) is 2.28. The minimum Gasteiger partial charge on any atom is -0.467 e. The zero-order chi connectivity index (χ0) is 29.3. The van der Waals surface area contributed by atoms with E-state index in [1.807, 2.05) is 26.8 Å². The highest BCUT2D eigenvalue weighted by molar-refractivity contribution is 5.91. The zero-order valence-electron chi connectivity index (χ0n) is 24.2. The second kappa shape index (κ2) is 11.7. The number of amides is 3. The van der Waals surface area contributed by atoms with Gasteiger partial charge in [0.2, 0.25) is 12.7 Å².